The number of aromatic nitrogens is 3. The van der Waals surface area contributed by atoms with E-state index >= 15 is 0 Å². The van der Waals surface area contributed by atoms with Crippen LogP contribution in [-0.4, -0.2) is 20.3 Å². The number of nitrogens with zero attached hydrogens (tertiary/aromatic N) is 4. The number of hydrogen-bond donors (Lipinski definition) is 1. The molecule has 2 aromatic carbocycles. The summed E-state index contributed by atoms with van der Waals surface area (Å²) in [5, 5.41) is 5.65. The first-order chi connectivity index (χ1) is 12.3. The van der Waals surface area contributed by atoms with E-state index < -0.39 is 0 Å². The summed E-state index contributed by atoms with van der Waals surface area (Å²) in [7, 11) is 0. The third kappa shape index (κ3) is 2.67. The fourth-order valence-electron chi connectivity index (χ4n) is 3.28. The molecule has 2 heterocycles. The Bertz CT molecular complexity index is 1050. The highest BCUT2D eigenvalue weighted by atomic mass is 15.4. The van der Waals surface area contributed by atoms with Gasteiger partial charge in [-0.2, -0.15) is 5.10 Å². The lowest BCUT2D eigenvalue weighted by Gasteiger charge is -2.04. The molecule has 0 saturated heterocycles. The topological polar surface area (TPSA) is 47.1 Å². The Kier molecular flexibility index (Phi) is 3.98. The third-order valence-corrected chi connectivity index (χ3v) is 4.50. The molecule has 126 valence electrons. The van der Waals surface area contributed by atoms with Gasteiger partial charge < -0.3 is 9.13 Å². The number of anilines is 1. The van der Waals surface area contributed by atoms with Gasteiger partial charge in [0.25, 0.3) is 0 Å². The van der Waals surface area contributed by atoms with Crippen LogP contribution in [0.2, 0.25) is 0 Å². The van der Waals surface area contributed by atoms with E-state index in [0.717, 1.165) is 35.6 Å². The molecule has 0 aliphatic heterocycles. The molecule has 0 atom stereocenters. The monoisotopic (exact) mass is 331 g/mol. The highest BCUT2D eigenvalue weighted by Gasteiger charge is 2.08. The molecule has 0 amide bonds. The van der Waals surface area contributed by atoms with E-state index in [9.17, 15) is 0 Å². The van der Waals surface area contributed by atoms with Crippen LogP contribution < -0.4 is 5.43 Å². The molecule has 0 radical (unpaired) electrons. The van der Waals surface area contributed by atoms with Crippen molar-refractivity contribution in [3.63, 3.8) is 0 Å². The van der Waals surface area contributed by atoms with Gasteiger partial charge in [-0.25, -0.2) is 10.4 Å². The first-order valence-corrected chi connectivity index (χ1v) is 8.64. The zero-order chi connectivity index (χ0) is 17.2. The molecule has 4 aromatic rings. The Labute approximate surface area is 146 Å². The zero-order valence-electron chi connectivity index (χ0n) is 14.5. The quantitative estimate of drug-likeness (QED) is 0.433. The standard InChI is InChI=1S/C20H21N5/c1-3-24-14-15(16-9-5-7-11-18(16)24)13-21-23-20-22-17-10-6-8-12-19(17)25(20)4-2/h5-14H,3-4H2,1-2H3,(H,22,23)/b21-13-. The Hall–Kier alpha value is -3.08. The van der Waals surface area contributed by atoms with Gasteiger partial charge in [0.15, 0.2) is 0 Å². The van der Waals surface area contributed by atoms with Gasteiger partial charge in [-0.1, -0.05) is 30.3 Å². The van der Waals surface area contributed by atoms with Crippen LogP contribution in [0.15, 0.2) is 59.8 Å². The highest BCUT2D eigenvalue weighted by Crippen LogP contribution is 2.21. The molecule has 0 aliphatic rings. The second-order valence-electron chi connectivity index (χ2n) is 5.93. The van der Waals surface area contributed by atoms with E-state index in [1.54, 1.807) is 0 Å². The summed E-state index contributed by atoms with van der Waals surface area (Å²) in [6, 6.07) is 16.5. The predicted molar refractivity (Wildman–Crippen MR) is 104 cm³/mol. The van der Waals surface area contributed by atoms with E-state index in [0.29, 0.717) is 0 Å². The molecule has 2 aromatic heterocycles. The van der Waals surface area contributed by atoms with Gasteiger partial charge in [0, 0.05) is 35.8 Å². The van der Waals surface area contributed by atoms with Gasteiger partial charge in [-0.15, -0.1) is 0 Å². The molecule has 0 saturated carbocycles. The van der Waals surface area contributed by atoms with Crippen molar-refractivity contribution < 1.29 is 0 Å². The summed E-state index contributed by atoms with van der Waals surface area (Å²) in [6.45, 7) is 6.04. The number of imidazole rings is 1. The van der Waals surface area contributed by atoms with E-state index in [4.69, 9.17) is 0 Å². The van der Waals surface area contributed by atoms with Crippen molar-refractivity contribution in [2.24, 2.45) is 5.10 Å². The minimum absolute atomic E-state index is 0.763. The van der Waals surface area contributed by atoms with Crippen molar-refractivity contribution in [3.05, 3.63) is 60.3 Å². The van der Waals surface area contributed by atoms with Crippen LogP contribution in [0.4, 0.5) is 5.95 Å². The average Bonchev–Trinajstić information content (AvgIpc) is 3.19. The number of nitrogens with one attached hydrogen (secondary N) is 1. The molecule has 1 N–H and O–H groups in total. The van der Waals surface area contributed by atoms with Crippen LogP contribution in [0.1, 0.15) is 19.4 Å². The normalized spacial score (nSPS) is 11.8. The molecule has 0 spiro atoms. The predicted octanol–water partition coefficient (Wildman–Crippen LogP) is 4.48. The van der Waals surface area contributed by atoms with Gasteiger partial charge in [0.1, 0.15) is 0 Å². The summed E-state index contributed by atoms with van der Waals surface area (Å²) in [6.07, 6.45) is 4.01. The van der Waals surface area contributed by atoms with Crippen LogP contribution in [-0.2, 0) is 13.1 Å². The van der Waals surface area contributed by atoms with Crippen molar-refractivity contribution in [2.75, 3.05) is 5.43 Å². The Morgan fingerprint density at radius 1 is 1.00 bits per heavy atom. The van der Waals surface area contributed by atoms with Gasteiger partial charge in [-0.3, -0.25) is 0 Å². The zero-order valence-corrected chi connectivity index (χ0v) is 14.5. The number of fused-ring (bicyclic) bond motifs is 2. The van der Waals surface area contributed by atoms with E-state index in [1.807, 2.05) is 24.4 Å². The van der Waals surface area contributed by atoms with Gasteiger partial charge >= 0.3 is 0 Å². The molecule has 4 rings (SSSR count). The van der Waals surface area contributed by atoms with Crippen LogP contribution in [0.5, 0.6) is 0 Å². The second-order valence-corrected chi connectivity index (χ2v) is 5.93. The number of benzene rings is 2. The summed E-state index contributed by atoms with van der Waals surface area (Å²) < 4.78 is 4.36. The Morgan fingerprint density at radius 2 is 1.76 bits per heavy atom. The van der Waals surface area contributed by atoms with Crippen LogP contribution >= 0.6 is 0 Å². The maximum absolute atomic E-state index is 4.63. The fourth-order valence-corrected chi connectivity index (χ4v) is 3.28. The maximum atomic E-state index is 4.63. The smallest absolute Gasteiger partial charge is 0.224 e. The fraction of sp³-hybridized carbons (Fsp3) is 0.200. The molecule has 5 heteroatoms. The number of hydrogen-bond acceptors (Lipinski definition) is 3. The highest BCUT2D eigenvalue weighted by molar-refractivity contribution is 5.99. The van der Waals surface area contributed by atoms with Crippen molar-refractivity contribution in [3.8, 4) is 0 Å². The molecular weight excluding hydrogens is 310 g/mol. The summed E-state index contributed by atoms with van der Waals surface area (Å²) >= 11 is 0. The lowest BCUT2D eigenvalue weighted by atomic mass is 10.2. The van der Waals surface area contributed by atoms with Gasteiger partial charge in [0.2, 0.25) is 5.95 Å². The number of hydrazone groups is 1. The lowest BCUT2D eigenvalue weighted by molar-refractivity contribution is 0.791. The van der Waals surface area contributed by atoms with Crippen molar-refractivity contribution >= 4 is 34.1 Å². The minimum atomic E-state index is 0.763. The lowest BCUT2D eigenvalue weighted by Crippen LogP contribution is -2.01. The van der Waals surface area contributed by atoms with Crippen LogP contribution in [0.25, 0.3) is 21.9 Å². The van der Waals surface area contributed by atoms with Crippen LogP contribution in [0, 0.1) is 0 Å². The van der Waals surface area contributed by atoms with Crippen molar-refractivity contribution in [1.82, 2.24) is 14.1 Å². The van der Waals surface area contributed by atoms with Gasteiger partial charge in [-0.05, 0) is 32.0 Å². The van der Waals surface area contributed by atoms with E-state index in [2.05, 4.69) is 75.0 Å². The van der Waals surface area contributed by atoms with E-state index in [1.165, 1.54) is 10.9 Å². The number of aryl methyl sites for hydroxylation is 2. The van der Waals surface area contributed by atoms with Crippen molar-refractivity contribution in [1.29, 1.82) is 0 Å². The molecule has 0 fully saturated rings. The number of rotatable bonds is 5. The summed E-state index contributed by atoms with van der Waals surface area (Å²) in [5.74, 6) is 0.763. The molecule has 5 nitrogen and oxygen atoms in total. The Balaban J connectivity index is 1.66. The maximum Gasteiger partial charge on any atom is 0.224 e. The first kappa shape index (κ1) is 15.4. The number of para-hydroxylation sites is 3. The molecule has 0 unspecified atom stereocenters. The largest absolute Gasteiger partial charge is 0.347 e. The molecule has 0 aliphatic carbocycles. The molecule has 0 bridgehead atoms. The van der Waals surface area contributed by atoms with E-state index in [-0.39, 0.29) is 0 Å². The Morgan fingerprint density at radius 3 is 2.56 bits per heavy atom. The molecular formula is C20H21N5. The SMILES string of the molecule is CCn1cc(/C=N\Nc2nc3ccccc3n2CC)c2ccccc21. The second kappa shape index (κ2) is 6.43. The average molecular weight is 331 g/mol. The van der Waals surface area contributed by atoms with Crippen molar-refractivity contribution in [2.45, 2.75) is 26.9 Å². The summed E-state index contributed by atoms with van der Waals surface area (Å²) in [5.41, 5.74) is 7.53. The summed E-state index contributed by atoms with van der Waals surface area (Å²) in [4.78, 5) is 4.63. The third-order valence-electron chi connectivity index (χ3n) is 4.50. The van der Waals surface area contributed by atoms with Crippen LogP contribution in [0.3, 0.4) is 0 Å². The first-order valence-electron chi connectivity index (χ1n) is 8.64. The van der Waals surface area contributed by atoms with Gasteiger partial charge in [0.05, 0.1) is 17.2 Å². The molecule has 25 heavy (non-hydrogen) atoms. The minimum Gasteiger partial charge on any atom is -0.347 e.